The number of aromatic nitrogens is 1. The third-order valence-electron chi connectivity index (χ3n) is 2.63. The number of benzene rings is 1. The molecule has 1 aromatic carbocycles. The molecule has 0 spiro atoms. The first-order valence-electron chi connectivity index (χ1n) is 6.37. The summed E-state index contributed by atoms with van der Waals surface area (Å²) in [7, 11) is 0. The molecular formula is C14H19N3OS. The molecule has 0 radical (unpaired) electrons. The molecular weight excluding hydrogens is 258 g/mol. The minimum Gasteiger partial charge on any atom is -0.491 e. The van der Waals surface area contributed by atoms with Gasteiger partial charge in [-0.05, 0) is 25.5 Å². The van der Waals surface area contributed by atoms with Gasteiger partial charge in [0.25, 0.3) is 0 Å². The monoisotopic (exact) mass is 277 g/mol. The maximum atomic E-state index is 6.09. The first-order valence-corrected chi connectivity index (χ1v) is 7.18. The average Bonchev–Trinajstić information content (AvgIpc) is 2.82. The summed E-state index contributed by atoms with van der Waals surface area (Å²) >= 11 is 1.69. The van der Waals surface area contributed by atoms with Crippen molar-refractivity contribution in [2.75, 3.05) is 17.7 Å². The number of nitrogen functional groups attached to an aromatic ring is 1. The minimum atomic E-state index is 0.657. The third-order valence-corrected chi connectivity index (χ3v) is 3.54. The molecule has 0 saturated carbocycles. The lowest BCUT2D eigenvalue weighted by Crippen LogP contribution is -2.05. The number of aryl methyl sites for hydroxylation is 1. The molecule has 5 heteroatoms. The fourth-order valence-electron chi connectivity index (χ4n) is 1.69. The molecule has 0 fully saturated rings. The van der Waals surface area contributed by atoms with Crippen LogP contribution in [0.1, 0.15) is 23.2 Å². The fraction of sp³-hybridized carbons (Fsp3) is 0.357. The Hall–Kier alpha value is -1.75. The highest BCUT2D eigenvalue weighted by Gasteiger charge is 2.06. The van der Waals surface area contributed by atoms with Gasteiger partial charge < -0.3 is 15.8 Å². The number of para-hydroxylation sites is 1. The zero-order valence-corrected chi connectivity index (χ0v) is 12.1. The number of hydrogen-bond donors (Lipinski definition) is 2. The smallest absolute Gasteiger partial charge is 0.144 e. The van der Waals surface area contributed by atoms with Gasteiger partial charge in [0, 0.05) is 11.1 Å². The molecule has 4 nitrogen and oxygen atoms in total. The lowest BCUT2D eigenvalue weighted by atomic mass is 10.2. The van der Waals surface area contributed by atoms with Gasteiger partial charge in [-0.3, -0.25) is 0 Å². The summed E-state index contributed by atoms with van der Waals surface area (Å²) in [4.78, 5) is 5.53. The van der Waals surface area contributed by atoms with Crippen molar-refractivity contribution in [2.24, 2.45) is 0 Å². The molecule has 0 aliphatic rings. The highest BCUT2D eigenvalue weighted by molar-refractivity contribution is 7.11. The number of anilines is 2. The second kappa shape index (κ2) is 6.43. The zero-order valence-electron chi connectivity index (χ0n) is 11.3. The average molecular weight is 277 g/mol. The first-order chi connectivity index (χ1) is 9.20. The van der Waals surface area contributed by atoms with Gasteiger partial charge in [-0.15, -0.1) is 11.3 Å². The van der Waals surface area contributed by atoms with Crippen LogP contribution in [0.5, 0.6) is 5.75 Å². The molecule has 0 atom stereocenters. The van der Waals surface area contributed by atoms with Gasteiger partial charge in [0.2, 0.25) is 0 Å². The van der Waals surface area contributed by atoms with Crippen molar-refractivity contribution >= 4 is 22.7 Å². The molecule has 2 rings (SSSR count). The van der Waals surface area contributed by atoms with E-state index in [2.05, 4.69) is 24.1 Å². The van der Waals surface area contributed by atoms with Crippen molar-refractivity contribution in [3.05, 3.63) is 34.3 Å². The van der Waals surface area contributed by atoms with Gasteiger partial charge in [0.1, 0.15) is 10.8 Å². The first kappa shape index (κ1) is 13.7. The van der Waals surface area contributed by atoms with Crippen LogP contribution in [0.3, 0.4) is 0 Å². The van der Waals surface area contributed by atoms with Crippen molar-refractivity contribution in [1.29, 1.82) is 0 Å². The largest absolute Gasteiger partial charge is 0.491 e. The molecule has 1 aromatic heterocycles. The van der Waals surface area contributed by atoms with E-state index in [4.69, 9.17) is 10.5 Å². The molecule has 0 unspecified atom stereocenters. The van der Waals surface area contributed by atoms with Crippen molar-refractivity contribution < 1.29 is 4.74 Å². The Morgan fingerprint density at radius 3 is 2.95 bits per heavy atom. The summed E-state index contributed by atoms with van der Waals surface area (Å²) in [5.74, 6) is 0.738. The number of nitrogens with two attached hydrogens (primary N) is 1. The van der Waals surface area contributed by atoms with Crippen LogP contribution in [0.4, 0.5) is 11.4 Å². The van der Waals surface area contributed by atoms with E-state index in [-0.39, 0.29) is 0 Å². The summed E-state index contributed by atoms with van der Waals surface area (Å²) in [6.07, 6.45) is 2.85. The number of rotatable bonds is 6. The molecule has 0 aliphatic heterocycles. The Morgan fingerprint density at radius 2 is 2.26 bits per heavy atom. The quantitative estimate of drug-likeness (QED) is 0.794. The second-order valence-electron chi connectivity index (χ2n) is 4.28. The summed E-state index contributed by atoms with van der Waals surface area (Å²) in [6, 6.07) is 5.79. The van der Waals surface area contributed by atoms with Crippen molar-refractivity contribution in [3.63, 3.8) is 0 Å². The number of hydrogen-bond acceptors (Lipinski definition) is 5. The highest BCUT2D eigenvalue weighted by atomic mass is 32.1. The fourth-order valence-corrected chi connectivity index (χ4v) is 2.42. The van der Waals surface area contributed by atoms with Crippen LogP contribution in [0.25, 0.3) is 0 Å². The Bertz CT molecular complexity index is 539. The summed E-state index contributed by atoms with van der Waals surface area (Å²) in [5, 5.41) is 4.35. The maximum absolute atomic E-state index is 6.09. The molecule has 102 valence electrons. The van der Waals surface area contributed by atoms with Gasteiger partial charge in [-0.25, -0.2) is 4.98 Å². The minimum absolute atomic E-state index is 0.657. The number of ether oxygens (including phenoxy) is 1. The van der Waals surface area contributed by atoms with E-state index in [0.29, 0.717) is 18.8 Å². The summed E-state index contributed by atoms with van der Waals surface area (Å²) in [5.41, 5.74) is 7.64. The van der Waals surface area contributed by atoms with Gasteiger partial charge in [-0.1, -0.05) is 13.0 Å². The van der Waals surface area contributed by atoms with E-state index in [1.807, 2.05) is 24.4 Å². The third kappa shape index (κ3) is 3.61. The van der Waals surface area contributed by atoms with E-state index in [0.717, 1.165) is 22.9 Å². The molecule has 1 heterocycles. The molecule has 2 aromatic rings. The summed E-state index contributed by atoms with van der Waals surface area (Å²) in [6.45, 7) is 5.48. The summed E-state index contributed by atoms with van der Waals surface area (Å²) < 4.78 is 5.60. The molecule has 19 heavy (non-hydrogen) atoms. The number of nitrogens with one attached hydrogen (secondary N) is 1. The topological polar surface area (TPSA) is 60.2 Å². The maximum Gasteiger partial charge on any atom is 0.144 e. The van der Waals surface area contributed by atoms with Crippen LogP contribution in [0.15, 0.2) is 24.4 Å². The molecule has 3 N–H and O–H groups in total. The number of thiazole rings is 1. The van der Waals surface area contributed by atoms with Crippen LogP contribution >= 0.6 is 11.3 Å². The van der Waals surface area contributed by atoms with E-state index < -0.39 is 0 Å². The van der Waals surface area contributed by atoms with Gasteiger partial charge in [0.15, 0.2) is 0 Å². The van der Waals surface area contributed by atoms with E-state index >= 15 is 0 Å². The van der Waals surface area contributed by atoms with Crippen LogP contribution in [-0.2, 0) is 6.54 Å². The predicted molar refractivity (Wildman–Crippen MR) is 80.8 cm³/mol. The van der Waals surface area contributed by atoms with Crippen molar-refractivity contribution in [1.82, 2.24) is 4.98 Å². The molecule has 0 amide bonds. The number of nitrogens with zero attached hydrogens (tertiary/aromatic N) is 1. The second-order valence-corrected chi connectivity index (χ2v) is 5.60. The van der Waals surface area contributed by atoms with Crippen LogP contribution in [-0.4, -0.2) is 11.6 Å². The Labute approximate surface area is 117 Å². The zero-order chi connectivity index (χ0) is 13.7. The van der Waals surface area contributed by atoms with E-state index in [1.165, 1.54) is 4.88 Å². The van der Waals surface area contributed by atoms with Gasteiger partial charge in [-0.2, -0.15) is 0 Å². The SMILES string of the molecule is CCCOc1cccc(NCc2ncc(C)s2)c1N. The molecule has 0 bridgehead atoms. The molecule has 0 saturated heterocycles. The normalized spacial score (nSPS) is 10.4. The predicted octanol–water partition coefficient (Wildman–Crippen LogP) is 3.43. The Morgan fingerprint density at radius 1 is 1.42 bits per heavy atom. The van der Waals surface area contributed by atoms with Crippen LogP contribution in [0.2, 0.25) is 0 Å². The van der Waals surface area contributed by atoms with Crippen molar-refractivity contribution in [3.8, 4) is 5.75 Å². The lowest BCUT2D eigenvalue weighted by molar-refractivity contribution is 0.319. The standard InChI is InChI=1S/C14H19N3OS/c1-3-7-18-12-6-4-5-11(14(12)15)16-9-13-17-8-10(2)19-13/h4-6,8,16H,3,7,9,15H2,1-2H3. The van der Waals surface area contributed by atoms with Crippen molar-refractivity contribution in [2.45, 2.75) is 26.8 Å². The highest BCUT2D eigenvalue weighted by Crippen LogP contribution is 2.30. The van der Waals surface area contributed by atoms with E-state index in [9.17, 15) is 0 Å². The molecule has 0 aliphatic carbocycles. The Kier molecular flexibility index (Phi) is 4.63. The van der Waals surface area contributed by atoms with Crippen LogP contribution < -0.4 is 15.8 Å². The lowest BCUT2D eigenvalue weighted by Gasteiger charge is -2.12. The Balaban J connectivity index is 2.03. The van der Waals surface area contributed by atoms with Gasteiger partial charge >= 0.3 is 0 Å². The van der Waals surface area contributed by atoms with Crippen LogP contribution in [0, 0.1) is 6.92 Å². The van der Waals surface area contributed by atoms with E-state index in [1.54, 1.807) is 11.3 Å². The van der Waals surface area contributed by atoms with Gasteiger partial charge in [0.05, 0.1) is 24.5 Å².